The zero-order valence-corrected chi connectivity index (χ0v) is 26.8. The van der Waals surface area contributed by atoms with Crippen LogP contribution in [0.3, 0.4) is 0 Å². The van der Waals surface area contributed by atoms with E-state index in [9.17, 15) is 18.9 Å². The van der Waals surface area contributed by atoms with E-state index in [1.165, 1.54) is 11.0 Å². The van der Waals surface area contributed by atoms with E-state index in [4.69, 9.17) is 23.5 Å². The molecule has 0 aliphatic carbocycles. The molecule has 0 spiro atoms. The first-order valence-corrected chi connectivity index (χ1v) is 14.6. The largest absolute Gasteiger partial charge is 0.475 e. The van der Waals surface area contributed by atoms with Crippen LogP contribution in [0.4, 0.5) is 25.4 Å². The topological polar surface area (TPSA) is 142 Å². The fourth-order valence-electron chi connectivity index (χ4n) is 4.82. The van der Waals surface area contributed by atoms with Crippen molar-refractivity contribution in [2.45, 2.75) is 85.0 Å². The van der Waals surface area contributed by atoms with Crippen LogP contribution in [-0.2, 0) is 53.0 Å². The van der Waals surface area contributed by atoms with Crippen molar-refractivity contribution < 1.29 is 46.8 Å². The summed E-state index contributed by atoms with van der Waals surface area (Å²) in [5.41, 5.74) is 0.468. The van der Waals surface area contributed by atoms with Crippen LogP contribution in [-0.4, -0.2) is 69.3 Å². The summed E-state index contributed by atoms with van der Waals surface area (Å²) >= 11 is 0. The summed E-state index contributed by atoms with van der Waals surface area (Å²) in [5, 5.41) is 4.39. The summed E-state index contributed by atoms with van der Waals surface area (Å²) in [6.45, 7) is 11.3. The van der Waals surface area contributed by atoms with E-state index in [1.807, 2.05) is 18.1 Å². The van der Waals surface area contributed by atoms with Crippen molar-refractivity contribution in [3.8, 4) is 0 Å². The minimum Gasteiger partial charge on any atom is -0.442 e. The zero-order chi connectivity index (χ0) is 32.6. The lowest BCUT2D eigenvalue weighted by atomic mass is 10.2. The Bertz CT molecular complexity index is 1400. The van der Waals surface area contributed by atoms with Gasteiger partial charge in [0.1, 0.15) is 11.9 Å². The summed E-state index contributed by atoms with van der Waals surface area (Å²) in [6, 6.07) is 4.40. The van der Waals surface area contributed by atoms with Gasteiger partial charge in [-0.3, -0.25) is 23.8 Å². The van der Waals surface area contributed by atoms with Gasteiger partial charge in [-0.25, -0.2) is 23.4 Å². The second-order valence-corrected chi connectivity index (χ2v) is 12.8. The van der Waals surface area contributed by atoms with Crippen LogP contribution in [0.25, 0.3) is 0 Å². The van der Waals surface area contributed by atoms with Gasteiger partial charge >= 0.3 is 27.0 Å². The Morgan fingerprint density at radius 3 is 2.34 bits per heavy atom. The molecule has 16 heteroatoms. The Hall–Kier alpha value is -3.65. The molecule has 44 heavy (non-hydrogen) atoms. The quantitative estimate of drug-likeness (QED) is 0.275. The lowest BCUT2D eigenvalue weighted by Gasteiger charge is -2.39. The molecule has 1 aromatic heterocycles. The predicted octanol–water partition coefficient (Wildman–Crippen LogP) is 4.85. The normalized spacial score (nSPS) is 17.2. The number of carbonyl (C=O) groups excluding carboxylic acids is 3. The van der Waals surface area contributed by atoms with Crippen LogP contribution in [0.15, 0.2) is 24.4 Å². The van der Waals surface area contributed by atoms with Gasteiger partial charge in [-0.15, -0.1) is 0 Å². The van der Waals surface area contributed by atoms with E-state index in [2.05, 4.69) is 5.10 Å². The van der Waals surface area contributed by atoms with Gasteiger partial charge in [-0.2, -0.15) is 9.62 Å². The average molecular weight is 638 g/mol. The maximum Gasteiger partial charge on any atom is 0.475 e. The van der Waals surface area contributed by atoms with E-state index in [0.717, 1.165) is 18.2 Å². The molecule has 1 fully saturated rings. The number of aryl methyl sites for hydroxylation is 1. The monoisotopic (exact) mass is 637 g/mol. The molecule has 2 aliphatic heterocycles. The van der Waals surface area contributed by atoms with Crippen LogP contribution >= 0.6 is 8.69 Å². The Labute approximate surface area is 256 Å². The number of hydrogen-bond donors (Lipinski definition) is 0. The molecular formula is C28H37FN5O9P. The third-order valence-corrected chi connectivity index (χ3v) is 6.66. The van der Waals surface area contributed by atoms with E-state index >= 15 is 4.39 Å². The van der Waals surface area contributed by atoms with Crippen LogP contribution in [0.1, 0.15) is 59.7 Å². The predicted molar refractivity (Wildman–Crippen MR) is 154 cm³/mol. The molecule has 1 atom stereocenters. The van der Waals surface area contributed by atoms with E-state index in [0.29, 0.717) is 23.7 Å². The molecule has 2 aromatic rings. The van der Waals surface area contributed by atoms with Gasteiger partial charge in [-0.1, -0.05) is 0 Å². The lowest BCUT2D eigenvalue weighted by molar-refractivity contribution is -0.488. The first-order chi connectivity index (χ1) is 20.4. The van der Waals surface area contributed by atoms with Gasteiger partial charge in [0.2, 0.25) is 5.91 Å². The van der Waals surface area contributed by atoms with E-state index in [-0.39, 0.29) is 12.2 Å². The summed E-state index contributed by atoms with van der Waals surface area (Å²) in [7, 11) is 0.905. The first-order valence-electron chi connectivity index (χ1n) is 13.8. The molecule has 240 valence electrons. The molecule has 1 saturated heterocycles. The number of rotatable bonds is 9. The van der Waals surface area contributed by atoms with Crippen LogP contribution in [0.5, 0.6) is 0 Å². The van der Waals surface area contributed by atoms with Gasteiger partial charge in [-0.05, 0) is 59.7 Å². The van der Waals surface area contributed by atoms with Gasteiger partial charge < -0.3 is 14.4 Å². The zero-order valence-electron chi connectivity index (χ0n) is 26.0. The summed E-state index contributed by atoms with van der Waals surface area (Å²) in [6.07, 6.45) is -3.72. The van der Waals surface area contributed by atoms with Crippen LogP contribution < -0.4 is 9.80 Å². The first kappa shape index (κ1) is 33.2. The average Bonchev–Trinajstić information content (AvgIpc) is 3.52. The number of anilines is 2. The highest BCUT2D eigenvalue weighted by atomic mass is 31.1. The Morgan fingerprint density at radius 1 is 1.14 bits per heavy atom. The standard InChI is InChI=1S/C28H37FN5O9P/c1-17(35)33(25(37)40-28(43-44-38,41-26(2,3)4)42-27(5,6)7)14-20-15-34(24(36)39-20)19-9-10-23(21(29)11-19)32-13-18-12-31(8)30-22(18)16-32/h9-12,20H,13-16H2,1-8H3/t20-/m0/s1. The fourth-order valence-corrected chi connectivity index (χ4v) is 5.02. The SMILES string of the molecule is CC(=O)N(C[C@H]1CN(c2ccc(N3Cc4cn(C)nc4C3)c(F)c2)C(=O)O1)C(=O)OC(OP=O)(OC(C)(C)C)OC(C)(C)C. The molecular weight excluding hydrogens is 600 g/mol. The number of nitrogens with zero attached hydrogens (tertiary/aromatic N) is 5. The van der Waals surface area contributed by atoms with Gasteiger partial charge in [0.15, 0.2) is 0 Å². The third kappa shape index (κ3) is 7.89. The second-order valence-electron chi connectivity index (χ2n) is 12.5. The fraction of sp³-hybridized carbons (Fsp3) is 0.571. The van der Waals surface area contributed by atoms with Crippen LogP contribution in [0, 0.1) is 5.82 Å². The van der Waals surface area contributed by atoms with Crippen molar-refractivity contribution in [1.82, 2.24) is 14.7 Å². The summed E-state index contributed by atoms with van der Waals surface area (Å²) in [5.74, 6) is -1.28. The number of imide groups is 1. The van der Waals surface area contributed by atoms with E-state index in [1.54, 1.807) is 58.4 Å². The van der Waals surface area contributed by atoms with Crippen molar-refractivity contribution in [2.24, 2.45) is 7.05 Å². The molecule has 0 unspecified atom stereocenters. The molecule has 4 rings (SSSR count). The maximum atomic E-state index is 15.2. The number of halogens is 1. The minimum absolute atomic E-state index is 0.0910. The van der Waals surface area contributed by atoms with Crippen molar-refractivity contribution in [3.63, 3.8) is 0 Å². The minimum atomic E-state index is -2.59. The highest BCUT2D eigenvalue weighted by Gasteiger charge is 2.49. The summed E-state index contributed by atoms with van der Waals surface area (Å²) in [4.78, 5) is 42.3. The number of aromatic nitrogens is 2. The molecule has 3 heterocycles. The Kier molecular flexibility index (Phi) is 9.36. The number of carbonyl (C=O) groups is 3. The molecule has 14 nitrogen and oxygen atoms in total. The highest BCUT2D eigenvalue weighted by molar-refractivity contribution is 7.17. The highest BCUT2D eigenvalue weighted by Crippen LogP contribution is 2.35. The number of cyclic esters (lactones) is 1. The van der Waals surface area contributed by atoms with Crippen molar-refractivity contribution in [2.75, 3.05) is 22.9 Å². The maximum absolute atomic E-state index is 15.2. The molecule has 2 aliphatic rings. The second kappa shape index (κ2) is 12.4. The number of hydrogen-bond acceptors (Lipinski definition) is 11. The van der Waals surface area contributed by atoms with Crippen molar-refractivity contribution >= 4 is 38.2 Å². The molecule has 0 N–H and O–H groups in total. The lowest BCUT2D eigenvalue weighted by Crippen LogP contribution is -2.53. The smallest absolute Gasteiger partial charge is 0.442 e. The van der Waals surface area contributed by atoms with E-state index < -0.39 is 62.6 Å². The molecule has 0 radical (unpaired) electrons. The Morgan fingerprint density at radius 2 is 1.80 bits per heavy atom. The molecule has 0 bridgehead atoms. The molecule has 3 amide bonds. The van der Waals surface area contributed by atoms with Crippen LogP contribution in [0.2, 0.25) is 0 Å². The van der Waals surface area contributed by atoms with Gasteiger partial charge in [0, 0.05) is 32.3 Å². The Balaban J connectivity index is 1.46. The van der Waals surface area contributed by atoms with Gasteiger partial charge in [0.05, 0.1) is 47.9 Å². The number of amides is 3. The number of ether oxygens (including phenoxy) is 4. The molecule has 1 aromatic carbocycles. The molecule has 0 saturated carbocycles. The van der Waals surface area contributed by atoms with Crippen molar-refractivity contribution in [3.05, 3.63) is 41.5 Å². The third-order valence-electron chi connectivity index (χ3n) is 6.36. The van der Waals surface area contributed by atoms with Crippen molar-refractivity contribution in [1.29, 1.82) is 0 Å². The van der Waals surface area contributed by atoms with Gasteiger partial charge in [0.25, 0.3) is 0 Å². The number of fused-ring (bicyclic) bond motifs is 1. The summed E-state index contributed by atoms with van der Waals surface area (Å²) < 4.78 is 55.7. The number of benzene rings is 1.